The van der Waals surface area contributed by atoms with E-state index in [-0.39, 0.29) is 22.9 Å². The molecule has 3 aromatic carbocycles. The lowest BCUT2D eigenvalue weighted by atomic mass is 10.0. The summed E-state index contributed by atoms with van der Waals surface area (Å²) in [6.45, 7) is 0. The van der Waals surface area contributed by atoms with Gasteiger partial charge in [-0.15, -0.1) is 0 Å². The zero-order valence-electron chi connectivity index (χ0n) is 15.4. The van der Waals surface area contributed by atoms with Gasteiger partial charge in [-0.1, -0.05) is 30.3 Å². The SMILES string of the molecule is O=C(O)c1ccccc1C(=O)Nc1ccc(-c2cccc(OC3CC3)c2)cc1F. The molecule has 1 aliphatic carbocycles. The normalized spacial score (nSPS) is 13.0. The van der Waals surface area contributed by atoms with E-state index in [1.54, 1.807) is 12.1 Å². The summed E-state index contributed by atoms with van der Waals surface area (Å²) in [4.78, 5) is 23.7. The number of benzene rings is 3. The van der Waals surface area contributed by atoms with Crippen molar-refractivity contribution < 1.29 is 23.8 Å². The highest BCUT2D eigenvalue weighted by atomic mass is 19.1. The molecule has 1 saturated carbocycles. The van der Waals surface area contributed by atoms with Crippen LogP contribution < -0.4 is 10.1 Å². The van der Waals surface area contributed by atoms with E-state index in [1.807, 2.05) is 24.3 Å². The number of halogens is 1. The number of ether oxygens (including phenoxy) is 1. The number of rotatable bonds is 6. The first kappa shape index (κ1) is 18.7. The number of hydrogen-bond donors (Lipinski definition) is 2. The van der Waals surface area contributed by atoms with Crippen LogP contribution in [0, 0.1) is 5.82 Å². The minimum Gasteiger partial charge on any atom is -0.490 e. The zero-order chi connectivity index (χ0) is 20.4. The molecule has 4 rings (SSSR count). The average molecular weight is 391 g/mol. The van der Waals surface area contributed by atoms with Gasteiger partial charge in [0.05, 0.1) is 22.9 Å². The minimum absolute atomic E-state index is 0.0238. The molecule has 2 N–H and O–H groups in total. The molecule has 0 bridgehead atoms. The molecule has 1 amide bonds. The summed E-state index contributed by atoms with van der Waals surface area (Å²) in [5.41, 5.74) is 1.25. The van der Waals surface area contributed by atoms with Crippen LogP contribution in [0.2, 0.25) is 0 Å². The number of carbonyl (C=O) groups is 2. The number of carboxylic acid groups (broad SMARTS) is 1. The number of hydrogen-bond acceptors (Lipinski definition) is 3. The van der Waals surface area contributed by atoms with Crippen LogP contribution in [0.3, 0.4) is 0 Å². The third-order valence-electron chi connectivity index (χ3n) is 4.61. The number of carboxylic acids is 1. The van der Waals surface area contributed by atoms with Crippen molar-refractivity contribution in [2.45, 2.75) is 18.9 Å². The van der Waals surface area contributed by atoms with Crippen LogP contribution in [-0.4, -0.2) is 23.1 Å². The number of aromatic carboxylic acids is 1. The molecular weight excluding hydrogens is 373 g/mol. The van der Waals surface area contributed by atoms with Gasteiger partial charge in [0, 0.05) is 0 Å². The van der Waals surface area contributed by atoms with Gasteiger partial charge in [0.15, 0.2) is 0 Å². The van der Waals surface area contributed by atoms with Crippen molar-refractivity contribution >= 4 is 17.6 Å². The molecule has 0 aliphatic heterocycles. The average Bonchev–Trinajstić information content (AvgIpc) is 3.53. The highest BCUT2D eigenvalue weighted by Gasteiger charge is 2.23. The van der Waals surface area contributed by atoms with E-state index in [0.29, 0.717) is 5.56 Å². The summed E-state index contributed by atoms with van der Waals surface area (Å²) in [6.07, 6.45) is 2.38. The molecule has 0 atom stereocenters. The van der Waals surface area contributed by atoms with Crippen molar-refractivity contribution in [3.8, 4) is 16.9 Å². The Morgan fingerprint density at radius 1 is 0.931 bits per heavy atom. The molecule has 3 aromatic rings. The van der Waals surface area contributed by atoms with Crippen LogP contribution in [0.4, 0.5) is 10.1 Å². The maximum atomic E-state index is 14.6. The molecule has 0 unspecified atom stereocenters. The monoisotopic (exact) mass is 391 g/mol. The lowest BCUT2D eigenvalue weighted by Gasteiger charge is -2.11. The highest BCUT2D eigenvalue weighted by molar-refractivity contribution is 6.10. The second-order valence-electron chi connectivity index (χ2n) is 6.84. The van der Waals surface area contributed by atoms with E-state index in [2.05, 4.69) is 5.32 Å². The lowest BCUT2D eigenvalue weighted by molar-refractivity contribution is 0.0692. The van der Waals surface area contributed by atoms with Gasteiger partial charge >= 0.3 is 5.97 Å². The molecule has 0 aromatic heterocycles. The smallest absolute Gasteiger partial charge is 0.336 e. The Morgan fingerprint density at radius 3 is 2.34 bits per heavy atom. The predicted octanol–water partition coefficient (Wildman–Crippen LogP) is 4.98. The van der Waals surface area contributed by atoms with Crippen LogP contribution in [0.1, 0.15) is 33.6 Å². The van der Waals surface area contributed by atoms with E-state index in [9.17, 15) is 19.1 Å². The zero-order valence-corrected chi connectivity index (χ0v) is 15.4. The van der Waals surface area contributed by atoms with Crippen LogP contribution >= 0.6 is 0 Å². The molecule has 1 fully saturated rings. The first-order chi connectivity index (χ1) is 14.0. The lowest BCUT2D eigenvalue weighted by Crippen LogP contribution is -2.17. The van der Waals surface area contributed by atoms with Crippen molar-refractivity contribution in [1.82, 2.24) is 0 Å². The Balaban J connectivity index is 1.55. The predicted molar refractivity (Wildman–Crippen MR) is 107 cm³/mol. The Labute approximate surface area is 166 Å². The molecular formula is C23H18FNO4. The van der Waals surface area contributed by atoms with Crippen molar-refractivity contribution in [2.24, 2.45) is 0 Å². The summed E-state index contributed by atoms with van der Waals surface area (Å²) in [5.74, 6) is -1.78. The topological polar surface area (TPSA) is 75.6 Å². The maximum absolute atomic E-state index is 14.6. The van der Waals surface area contributed by atoms with Crippen molar-refractivity contribution in [3.63, 3.8) is 0 Å². The fourth-order valence-electron chi connectivity index (χ4n) is 2.98. The Hall–Kier alpha value is -3.67. The number of carbonyl (C=O) groups excluding carboxylic acids is 1. The van der Waals surface area contributed by atoms with E-state index < -0.39 is 17.7 Å². The fourth-order valence-corrected chi connectivity index (χ4v) is 2.98. The van der Waals surface area contributed by atoms with Crippen molar-refractivity contribution in [3.05, 3.63) is 83.7 Å². The second-order valence-corrected chi connectivity index (χ2v) is 6.84. The Kier molecular flexibility index (Phi) is 4.99. The van der Waals surface area contributed by atoms with Gasteiger partial charge in [0.2, 0.25) is 0 Å². The third-order valence-corrected chi connectivity index (χ3v) is 4.61. The quantitative estimate of drug-likeness (QED) is 0.621. The van der Waals surface area contributed by atoms with Gasteiger partial charge < -0.3 is 15.2 Å². The van der Waals surface area contributed by atoms with Gasteiger partial charge in [0.1, 0.15) is 11.6 Å². The minimum atomic E-state index is -1.22. The highest BCUT2D eigenvalue weighted by Crippen LogP contribution is 2.31. The summed E-state index contributed by atoms with van der Waals surface area (Å²) < 4.78 is 20.4. The molecule has 0 saturated heterocycles. The van der Waals surface area contributed by atoms with Gasteiger partial charge in [0.25, 0.3) is 5.91 Å². The van der Waals surface area contributed by atoms with Crippen LogP contribution in [0.25, 0.3) is 11.1 Å². The molecule has 0 heterocycles. The molecule has 6 heteroatoms. The Bertz CT molecular complexity index is 1090. The van der Waals surface area contributed by atoms with E-state index >= 15 is 0 Å². The molecule has 146 valence electrons. The number of anilines is 1. The van der Waals surface area contributed by atoms with Gasteiger partial charge in [-0.3, -0.25) is 4.79 Å². The van der Waals surface area contributed by atoms with Gasteiger partial charge in [-0.2, -0.15) is 0 Å². The summed E-state index contributed by atoms with van der Waals surface area (Å²) >= 11 is 0. The molecule has 1 aliphatic rings. The summed E-state index contributed by atoms with van der Waals surface area (Å²) in [6, 6.07) is 17.7. The maximum Gasteiger partial charge on any atom is 0.336 e. The van der Waals surface area contributed by atoms with Gasteiger partial charge in [-0.05, 0) is 60.4 Å². The first-order valence-electron chi connectivity index (χ1n) is 9.21. The largest absolute Gasteiger partial charge is 0.490 e. The first-order valence-corrected chi connectivity index (χ1v) is 9.21. The Morgan fingerprint density at radius 2 is 1.66 bits per heavy atom. The van der Waals surface area contributed by atoms with Crippen LogP contribution in [0.5, 0.6) is 5.75 Å². The number of nitrogens with one attached hydrogen (secondary N) is 1. The van der Waals surface area contributed by atoms with E-state index in [4.69, 9.17) is 4.74 Å². The van der Waals surface area contributed by atoms with Crippen LogP contribution in [0.15, 0.2) is 66.7 Å². The third kappa shape index (κ3) is 4.27. The molecule has 0 spiro atoms. The van der Waals surface area contributed by atoms with Crippen molar-refractivity contribution in [1.29, 1.82) is 0 Å². The summed E-state index contributed by atoms with van der Waals surface area (Å²) in [5, 5.41) is 11.7. The fraction of sp³-hybridized carbons (Fsp3) is 0.130. The van der Waals surface area contributed by atoms with Crippen molar-refractivity contribution in [2.75, 3.05) is 5.32 Å². The van der Waals surface area contributed by atoms with Gasteiger partial charge in [-0.25, -0.2) is 9.18 Å². The standard InChI is InChI=1S/C23H18FNO4/c24-20-13-15(14-4-3-5-17(12-14)29-16-9-10-16)8-11-21(20)25-22(26)18-6-1-2-7-19(18)23(27)28/h1-8,11-13,16H,9-10H2,(H,25,26)(H,27,28). The second kappa shape index (κ2) is 7.75. The van der Waals surface area contributed by atoms with Crippen LogP contribution in [-0.2, 0) is 0 Å². The molecule has 29 heavy (non-hydrogen) atoms. The van der Waals surface area contributed by atoms with E-state index in [0.717, 1.165) is 24.2 Å². The summed E-state index contributed by atoms with van der Waals surface area (Å²) in [7, 11) is 0. The number of amides is 1. The van der Waals surface area contributed by atoms with E-state index in [1.165, 1.54) is 30.3 Å². The molecule has 5 nitrogen and oxygen atoms in total. The molecule has 0 radical (unpaired) electrons.